The Kier molecular flexibility index (Phi) is 4.84. The maximum Gasteiger partial charge on any atom is 0.170 e. The van der Waals surface area contributed by atoms with Gasteiger partial charge >= 0.3 is 0 Å². The average molecular weight is 293 g/mol. The molecule has 0 atom stereocenters. The Labute approximate surface area is 121 Å². The molecule has 1 aromatic heterocycles. The molecule has 0 fully saturated rings. The van der Waals surface area contributed by atoms with Crippen LogP contribution >= 0.6 is 23.6 Å². The van der Waals surface area contributed by atoms with Crippen molar-refractivity contribution >= 4 is 34.4 Å². The Morgan fingerprint density at radius 1 is 1.47 bits per heavy atom. The van der Waals surface area contributed by atoms with E-state index in [1.165, 1.54) is 0 Å². The lowest BCUT2D eigenvalue weighted by atomic mass is 10.1. The fourth-order valence-corrected chi connectivity index (χ4v) is 2.44. The fraction of sp³-hybridized carbons (Fsp3) is 0.231. The summed E-state index contributed by atoms with van der Waals surface area (Å²) in [5.41, 5.74) is 2.93. The van der Waals surface area contributed by atoms with Crippen molar-refractivity contribution in [1.29, 1.82) is 0 Å². The smallest absolute Gasteiger partial charge is 0.170 e. The van der Waals surface area contributed by atoms with E-state index in [0.717, 1.165) is 22.0 Å². The molecule has 1 heterocycles. The van der Waals surface area contributed by atoms with Crippen LogP contribution in [0.5, 0.6) is 0 Å². The molecule has 2 rings (SSSR count). The Morgan fingerprint density at radius 3 is 3.00 bits per heavy atom. The maximum atomic E-state index is 8.72. The molecular weight excluding hydrogens is 278 g/mol. The third-order valence-electron chi connectivity index (χ3n) is 2.43. The van der Waals surface area contributed by atoms with E-state index in [-0.39, 0.29) is 6.61 Å². The predicted molar refractivity (Wildman–Crippen MR) is 83.6 cm³/mol. The number of aryl methyl sites for hydroxylation is 1. The van der Waals surface area contributed by atoms with E-state index in [1.54, 1.807) is 11.3 Å². The Hall–Kier alpha value is -1.50. The van der Waals surface area contributed by atoms with Gasteiger partial charge in [0.15, 0.2) is 5.11 Å². The molecule has 6 heteroatoms. The Balaban J connectivity index is 2.09. The van der Waals surface area contributed by atoms with Gasteiger partial charge in [0, 0.05) is 23.2 Å². The van der Waals surface area contributed by atoms with Crippen molar-refractivity contribution in [1.82, 2.24) is 10.3 Å². The highest BCUT2D eigenvalue weighted by Crippen LogP contribution is 2.24. The van der Waals surface area contributed by atoms with Gasteiger partial charge in [-0.2, -0.15) is 0 Å². The molecule has 0 saturated heterocycles. The monoisotopic (exact) mass is 293 g/mol. The van der Waals surface area contributed by atoms with E-state index >= 15 is 0 Å². The molecular formula is C13H15N3OS2. The lowest BCUT2D eigenvalue weighted by molar-refractivity contribution is 0.301. The van der Waals surface area contributed by atoms with E-state index in [2.05, 4.69) is 15.6 Å². The van der Waals surface area contributed by atoms with E-state index in [0.29, 0.717) is 11.7 Å². The van der Waals surface area contributed by atoms with Crippen LogP contribution in [0.1, 0.15) is 5.01 Å². The first-order valence-corrected chi connectivity index (χ1v) is 7.16. The molecule has 0 aliphatic heterocycles. The van der Waals surface area contributed by atoms with Crippen molar-refractivity contribution in [3.63, 3.8) is 0 Å². The summed E-state index contributed by atoms with van der Waals surface area (Å²) in [4.78, 5) is 4.46. The SMILES string of the molecule is Cc1nc(-c2cccc(NC(=S)NCCO)c2)cs1. The van der Waals surface area contributed by atoms with Gasteiger partial charge in [0.2, 0.25) is 0 Å². The standard InChI is InChI=1S/C13H15N3OS2/c1-9-15-12(8-19-9)10-3-2-4-11(7-10)16-13(18)14-5-6-17/h2-4,7-8,17H,5-6H2,1H3,(H2,14,16,18). The number of aliphatic hydroxyl groups is 1. The summed E-state index contributed by atoms with van der Waals surface area (Å²) in [5, 5.41) is 18.3. The molecule has 0 amide bonds. The number of nitrogens with zero attached hydrogens (tertiary/aromatic N) is 1. The summed E-state index contributed by atoms with van der Waals surface area (Å²) < 4.78 is 0. The van der Waals surface area contributed by atoms with Gasteiger partial charge in [-0.05, 0) is 31.3 Å². The summed E-state index contributed by atoms with van der Waals surface area (Å²) in [6.45, 7) is 2.49. The molecule has 4 nitrogen and oxygen atoms in total. The van der Waals surface area contributed by atoms with Crippen LogP contribution in [0, 0.1) is 6.92 Å². The lowest BCUT2D eigenvalue weighted by Crippen LogP contribution is -2.30. The van der Waals surface area contributed by atoms with E-state index in [4.69, 9.17) is 17.3 Å². The second-order valence-electron chi connectivity index (χ2n) is 3.94. The van der Waals surface area contributed by atoms with Gasteiger partial charge in [0.05, 0.1) is 17.3 Å². The van der Waals surface area contributed by atoms with Gasteiger partial charge in [-0.25, -0.2) is 4.98 Å². The summed E-state index contributed by atoms with van der Waals surface area (Å²) in [6, 6.07) is 7.92. The van der Waals surface area contributed by atoms with Crippen LogP contribution in [0.2, 0.25) is 0 Å². The molecule has 0 unspecified atom stereocenters. The van der Waals surface area contributed by atoms with Crippen LogP contribution < -0.4 is 10.6 Å². The van der Waals surface area contributed by atoms with Crippen molar-refractivity contribution in [2.75, 3.05) is 18.5 Å². The molecule has 0 aliphatic carbocycles. The van der Waals surface area contributed by atoms with Crippen LogP contribution in [-0.4, -0.2) is 28.4 Å². The molecule has 2 aromatic rings. The predicted octanol–water partition coefficient (Wildman–Crippen LogP) is 2.40. The van der Waals surface area contributed by atoms with Gasteiger partial charge in [-0.1, -0.05) is 12.1 Å². The normalized spacial score (nSPS) is 10.2. The number of nitrogens with one attached hydrogen (secondary N) is 2. The molecule has 0 aliphatic rings. The van der Waals surface area contributed by atoms with Crippen molar-refractivity contribution in [3.8, 4) is 11.3 Å². The number of aromatic nitrogens is 1. The van der Waals surface area contributed by atoms with Gasteiger partial charge in [-0.3, -0.25) is 0 Å². The van der Waals surface area contributed by atoms with Crippen LogP contribution in [0.3, 0.4) is 0 Å². The largest absolute Gasteiger partial charge is 0.395 e. The van der Waals surface area contributed by atoms with Crippen molar-refractivity contribution in [2.24, 2.45) is 0 Å². The van der Waals surface area contributed by atoms with Crippen molar-refractivity contribution in [2.45, 2.75) is 6.92 Å². The first-order valence-electron chi connectivity index (χ1n) is 5.87. The molecule has 3 N–H and O–H groups in total. The second kappa shape index (κ2) is 6.60. The van der Waals surface area contributed by atoms with E-state index < -0.39 is 0 Å². The number of anilines is 1. The topological polar surface area (TPSA) is 57.2 Å². The van der Waals surface area contributed by atoms with E-state index in [9.17, 15) is 0 Å². The summed E-state index contributed by atoms with van der Waals surface area (Å²) in [5.74, 6) is 0. The molecule has 0 saturated carbocycles. The molecule has 0 bridgehead atoms. The number of hydrogen-bond acceptors (Lipinski definition) is 4. The Bertz CT molecular complexity index is 569. The van der Waals surface area contributed by atoms with Crippen molar-refractivity contribution < 1.29 is 5.11 Å². The van der Waals surface area contributed by atoms with Crippen LogP contribution in [0.25, 0.3) is 11.3 Å². The quantitative estimate of drug-likeness (QED) is 0.756. The zero-order valence-electron chi connectivity index (χ0n) is 10.5. The number of thiocarbonyl (C=S) groups is 1. The molecule has 0 radical (unpaired) electrons. The second-order valence-corrected chi connectivity index (χ2v) is 5.41. The number of aliphatic hydroxyl groups excluding tert-OH is 1. The van der Waals surface area contributed by atoms with Crippen LogP contribution in [0.15, 0.2) is 29.6 Å². The number of rotatable bonds is 4. The van der Waals surface area contributed by atoms with Gasteiger partial charge < -0.3 is 15.7 Å². The Morgan fingerprint density at radius 2 is 2.32 bits per heavy atom. The highest BCUT2D eigenvalue weighted by Gasteiger charge is 2.03. The van der Waals surface area contributed by atoms with Gasteiger partial charge in [-0.15, -0.1) is 11.3 Å². The highest BCUT2D eigenvalue weighted by atomic mass is 32.1. The zero-order chi connectivity index (χ0) is 13.7. The van der Waals surface area contributed by atoms with Gasteiger partial charge in [0.1, 0.15) is 0 Å². The average Bonchev–Trinajstić information content (AvgIpc) is 2.83. The van der Waals surface area contributed by atoms with Crippen LogP contribution in [-0.2, 0) is 0 Å². The molecule has 0 spiro atoms. The lowest BCUT2D eigenvalue weighted by Gasteiger charge is -2.10. The molecule has 19 heavy (non-hydrogen) atoms. The summed E-state index contributed by atoms with van der Waals surface area (Å²) in [7, 11) is 0. The first kappa shape index (κ1) is 13.9. The third kappa shape index (κ3) is 3.99. The van der Waals surface area contributed by atoms with E-state index in [1.807, 2.05) is 36.6 Å². The number of hydrogen-bond donors (Lipinski definition) is 3. The minimum atomic E-state index is 0.0555. The summed E-state index contributed by atoms with van der Waals surface area (Å²) in [6.07, 6.45) is 0. The molecule has 1 aromatic carbocycles. The zero-order valence-corrected chi connectivity index (χ0v) is 12.1. The third-order valence-corrected chi connectivity index (χ3v) is 3.45. The number of benzene rings is 1. The first-order chi connectivity index (χ1) is 9.19. The molecule has 100 valence electrons. The highest BCUT2D eigenvalue weighted by molar-refractivity contribution is 7.80. The fourth-order valence-electron chi connectivity index (χ4n) is 1.60. The van der Waals surface area contributed by atoms with Crippen LogP contribution in [0.4, 0.5) is 5.69 Å². The minimum absolute atomic E-state index is 0.0555. The minimum Gasteiger partial charge on any atom is -0.395 e. The number of thiazole rings is 1. The van der Waals surface area contributed by atoms with Crippen molar-refractivity contribution in [3.05, 3.63) is 34.7 Å². The summed E-state index contributed by atoms with van der Waals surface area (Å²) >= 11 is 6.75. The maximum absolute atomic E-state index is 8.72. The van der Waals surface area contributed by atoms with Gasteiger partial charge in [0.25, 0.3) is 0 Å².